The summed E-state index contributed by atoms with van der Waals surface area (Å²) in [7, 11) is -3.54. The van der Waals surface area contributed by atoms with Crippen molar-refractivity contribution in [3.63, 3.8) is 0 Å². The van der Waals surface area contributed by atoms with Crippen molar-refractivity contribution in [2.24, 2.45) is 11.8 Å². The Hall–Kier alpha value is -3.04. The van der Waals surface area contributed by atoms with Crippen LogP contribution in [0.15, 0.2) is 59.8 Å². The molecule has 1 aromatic heterocycles. The first-order valence-electron chi connectivity index (χ1n) is 9.24. The van der Waals surface area contributed by atoms with Gasteiger partial charge in [-0.3, -0.25) is 0 Å². The number of benzene rings is 2. The van der Waals surface area contributed by atoms with E-state index in [9.17, 15) is 13.2 Å². The molecule has 2 aliphatic rings. The molecule has 29 heavy (non-hydrogen) atoms. The van der Waals surface area contributed by atoms with Gasteiger partial charge in [0.2, 0.25) is 16.0 Å². The van der Waals surface area contributed by atoms with Crippen molar-refractivity contribution in [3.8, 4) is 0 Å². The van der Waals surface area contributed by atoms with Crippen molar-refractivity contribution < 1.29 is 18.3 Å². The number of hydrogen-bond acceptors (Lipinski definition) is 6. The molecule has 2 unspecified atom stereocenters. The summed E-state index contributed by atoms with van der Waals surface area (Å²) in [5.74, 6) is -0.311. The van der Waals surface area contributed by atoms with Crippen LogP contribution >= 0.6 is 0 Å². The average molecular weight is 410 g/mol. The first kappa shape index (κ1) is 18.0. The fraction of sp³-hybridized carbons (Fsp3) is 0.250. The summed E-state index contributed by atoms with van der Waals surface area (Å²) < 4.78 is 27.6. The fourth-order valence-corrected chi connectivity index (χ4v) is 5.59. The number of fused-ring (bicyclic) bond motifs is 2. The number of rotatable bonds is 5. The lowest BCUT2D eigenvalue weighted by molar-refractivity contribution is 0.0696. The third-order valence-electron chi connectivity index (χ3n) is 5.71. The lowest BCUT2D eigenvalue weighted by atomic mass is 10.1. The number of carboxylic acid groups (broad SMARTS) is 1. The third-order valence-corrected chi connectivity index (χ3v) is 7.54. The van der Waals surface area contributed by atoms with Crippen LogP contribution in [0.1, 0.15) is 10.4 Å². The Balaban J connectivity index is 1.27. The minimum absolute atomic E-state index is 0.0270. The Labute approximate surface area is 167 Å². The van der Waals surface area contributed by atoms with Gasteiger partial charge in [-0.25, -0.2) is 23.2 Å². The van der Waals surface area contributed by atoms with Crippen molar-refractivity contribution in [3.05, 3.63) is 60.4 Å². The molecule has 1 saturated carbocycles. The van der Waals surface area contributed by atoms with Crippen molar-refractivity contribution in [2.75, 3.05) is 18.4 Å². The maximum Gasteiger partial charge on any atom is 0.338 e. The fourth-order valence-electron chi connectivity index (χ4n) is 4.04. The zero-order valence-electron chi connectivity index (χ0n) is 15.3. The van der Waals surface area contributed by atoms with Crippen LogP contribution < -0.4 is 5.32 Å². The predicted octanol–water partition coefficient (Wildman–Crippen LogP) is 2.06. The van der Waals surface area contributed by atoms with Gasteiger partial charge >= 0.3 is 5.97 Å². The molecule has 2 fully saturated rings. The highest BCUT2D eigenvalue weighted by molar-refractivity contribution is 7.89. The Morgan fingerprint density at radius 3 is 2.34 bits per heavy atom. The average Bonchev–Trinajstić information content (AvgIpc) is 3.15. The standard InChI is InChI=1S/C20H18N4O4S/c25-19(26)14-8-21-20(22-9-14)23-18-16-10-24(11-17(16)18)29(27,28)15-6-5-12-3-1-2-4-13(12)7-15/h1-9,16-18H,10-11H2,(H,25,26)(H,21,22,23). The van der Waals surface area contributed by atoms with Crippen LogP contribution in [0.2, 0.25) is 0 Å². The Morgan fingerprint density at radius 2 is 1.69 bits per heavy atom. The molecule has 0 bridgehead atoms. The summed E-state index contributed by atoms with van der Waals surface area (Å²) >= 11 is 0. The molecule has 9 heteroatoms. The number of carboxylic acids is 1. The smallest absolute Gasteiger partial charge is 0.338 e. The molecule has 2 atom stereocenters. The maximum absolute atomic E-state index is 13.0. The Bertz CT molecular complexity index is 1200. The number of sulfonamides is 1. The zero-order chi connectivity index (χ0) is 20.2. The van der Waals surface area contributed by atoms with E-state index in [4.69, 9.17) is 5.11 Å². The normalized spacial score (nSPS) is 23.7. The summed E-state index contributed by atoms with van der Waals surface area (Å²) in [5.41, 5.74) is 0.0270. The highest BCUT2D eigenvalue weighted by Gasteiger charge is 2.58. The summed E-state index contributed by atoms with van der Waals surface area (Å²) in [6, 6.07) is 13.0. The van der Waals surface area contributed by atoms with Gasteiger partial charge in [-0.2, -0.15) is 4.31 Å². The van der Waals surface area contributed by atoms with E-state index in [0.29, 0.717) is 23.9 Å². The molecule has 1 aliphatic carbocycles. The molecule has 0 spiro atoms. The van der Waals surface area contributed by atoms with Gasteiger partial charge in [0.05, 0.1) is 10.5 Å². The van der Waals surface area contributed by atoms with Crippen LogP contribution in [0, 0.1) is 11.8 Å². The van der Waals surface area contributed by atoms with Gasteiger partial charge in [-0.05, 0) is 34.7 Å². The van der Waals surface area contributed by atoms with Gasteiger partial charge in [0.25, 0.3) is 0 Å². The second-order valence-electron chi connectivity index (χ2n) is 7.43. The van der Waals surface area contributed by atoms with Crippen molar-refractivity contribution in [2.45, 2.75) is 10.9 Å². The van der Waals surface area contributed by atoms with Crippen LogP contribution in [-0.2, 0) is 10.0 Å². The van der Waals surface area contributed by atoms with Crippen LogP contribution in [-0.4, -0.2) is 52.9 Å². The van der Waals surface area contributed by atoms with E-state index in [2.05, 4.69) is 15.3 Å². The molecule has 2 aromatic carbocycles. The Kier molecular flexibility index (Phi) is 4.04. The molecule has 3 aromatic rings. The van der Waals surface area contributed by atoms with Crippen molar-refractivity contribution in [1.82, 2.24) is 14.3 Å². The van der Waals surface area contributed by atoms with Gasteiger partial charge in [-0.1, -0.05) is 30.3 Å². The van der Waals surface area contributed by atoms with Crippen LogP contribution in [0.4, 0.5) is 5.95 Å². The SMILES string of the molecule is O=C(O)c1cnc(NC2C3CN(S(=O)(=O)c4ccc5ccccc5c4)CC32)nc1. The second kappa shape index (κ2) is 6.50. The van der Waals surface area contributed by atoms with Gasteiger partial charge in [-0.15, -0.1) is 0 Å². The zero-order valence-corrected chi connectivity index (χ0v) is 16.1. The first-order valence-corrected chi connectivity index (χ1v) is 10.7. The van der Waals surface area contributed by atoms with Crippen molar-refractivity contribution in [1.29, 1.82) is 0 Å². The lowest BCUT2D eigenvalue weighted by Crippen LogP contribution is -2.33. The molecule has 8 nitrogen and oxygen atoms in total. The van der Waals surface area contributed by atoms with E-state index in [-0.39, 0.29) is 23.4 Å². The van der Waals surface area contributed by atoms with E-state index in [1.807, 2.05) is 30.3 Å². The molecular formula is C20H18N4O4S. The maximum atomic E-state index is 13.0. The highest BCUT2D eigenvalue weighted by atomic mass is 32.2. The number of hydrogen-bond donors (Lipinski definition) is 2. The summed E-state index contributed by atoms with van der Waals surface area (Å²) in [4.78, 5) is 19.2. The number of aromatic nitrogens is 2. The van der Waals surface area contributed by atoms with Gasteiger partial charge in [0.1, 0.15) is 0 Å². The predicted molar refractivity (Wildman–Crippen MR) is 106 cm³/mol. The summed E-state index contributed by atoms with van der Waals surface area (Å²) in [6.07, 6.45) is 2.51. The molecule has 2 heterocycles. The van der Waals surface area contributed by atoms with E-state index < -0.39 is 16.0 Å². The van der Waals surface area contributed by atoms with Gasteiger partial charge in [0, 0.05) is 31.5 Å². The van der Waals surface area contributed by atoms with E-state index in [1.165, 1.54) is 12.4 Å². The number of nitrogens with one attached hydrogen (secondary N) is 1. The minimum Gasteiger partial charge on any atom is -0.478 e. The summed E-state index contributed by atoms with van der Waals surface area (Å²) in [5, 5.41) is 14.0. The molecule has 148 valence electrons. The van der Waals surface area contributed by atoms with E-state index >= 15 is 0 Å². The number of aromatic carboxylic acids is 1. The molecule has 0 radical (unpaired) electrons. The van der Waals surface area contributed by atoms with Gasteiger partial charge < -0.3 is 10.4 Å². The summed E-state index contributed by atoms with van der Waals surface area (Å²) in [6.45, 7) is 0.898. The number of carbonyl (C=O) groups is 1. The Morgan fingerprint density at radius 1 is 1.03 bits per heavy atom. The van der Waals surface area contributed by atoms with E-state index in [1.54, 1.807) is 16.4 Å². The number of nitrogens with zero attached hydrogens (tertiary/aromatic N) is 3. The quantitative estimate of drug-likeness (QED) is 0.662. The molecule has 5 rings (SSSR count). The van der Waals surface area contributed by atoms with Crippen LogP contribution in [0.5, 0.6) is 0 Å². The molecule has 1 aliphatic heterocycles. The monoisotopic (exact) mass is 410 g/mol. The number of anilines is 1. The van der Waals surface area contributed by atoms with E-state index in [0.717, 1.165) is 10.8 Å². The second-order valence-corrected chi connectivity index (χ2v) is 9.37. The number of piperidine rings is 1. The molecule has 2 N–H and O–H groups in total. The molecule has 1 saturated heterocycles. The first-order chi connectivity index (χ1) is 13.9. The highest BCUT2D eigenvalue weighted by Crippen LogP contribution is 2.48. The molecule has 0 amide bonds. The minimum atomic E-state index is -3.54. The van der Waals surface area contributed by atoms with Crippen molar-refractivity contribution >= 4 is 32.7 Å². The lowest BCUT2D eigenvalue weighted by Gasteiger charge is -2.20. The van der Waals surface area contributed by atoms with Crippen LogP contribution in [0.25, 0.3) is 10.8 Å². The van der Waals surface area contributed by atoms with Crippen LogP contribution in [0.3, 0.4) is 0 Å². The van der Waals surface area contributed by atoms with Gasteiger partial charge in [0.15, 0.2) is 0 Å². The third kappa shape index (κ3) is 3.12. The molecular weight excluding hydrogens is 392 g/mol. The largest absolute Gasteiger partial charge is 0.478 e. The topological polar surface area (TPSA) is 112 Å².